The lowest BCUT2D eigenvalue weighted by Gasteiger charge is -2.30. The van der Waals surface area contributed by atoms with E-state index in [0.717, 1.165) is 5.82 Å². The van der Waals surface area contributed by atoms with E-state index in [2.05, 4.69) is 15.4 Å². The van der Waals surface area contributed by atoms with Gasteiger partial charge in [0.05, 0.1) is 17.8 Å². The molecule has 2 aromatic rings. The van der Waals surface area contributed by atoms with Crippen LogP contribution < -0.4 is 10.6 Å². The molecule has 0 saturated carbocycles. The van der Waals surface area contributed by atoms with Crippen molar-refractivity contribution in [3.8, 4) is 0 Å². The van der Waals surface area contributed by atoms with Crippen LogP contribution in [0, 0.1) is 5.82 Å². The Hall–Kier alpha value is -2.64. The van der Waals surface area contributed by atoms with E-state index in [1.54, 1.807) is 18.5 Å². The van der Waals surface area contributed by atoms with E-state index in [0.29, 0.717) is 25.3 Å². The molecule has 0 bridgehead atoms. The lowest BCUT2D eigenvalue weighted by molar-refractivity contribution is 0.318. The number of amidine groups is 1. The van der Waals surface area contributed by atoms with Gasteiger partial charge in [-0.15, -0.1) is 10.2 Å². The van der Waals surface area contributed by atoms with Gasteiger partial charge in [-0.3, -0.25) is 0 Å². The van der Waals surface area contributed by atoms with E-state index >= 15 is 0 Å². The van der Waals surface area contributed by atoms with Crippen LogP contribution in [-0.4, -0.2) is 32.4 Å². The summed E-state index contributed by atoms with van der Waals surface area (Å²) >= 11 is 0. The van der Waals surface area contributed by atoms with Crippen molar-refractivity contribution < 1.29 is 9.60 Å². The standard InChI is InChI=1S/C12H13FN6O/c13-8-2-1-3-9(11(8)12(14)17-20)18-4-5-19-7-15-16-10(19)6-18/h1-3,7,20H,4-6H2,(H2,14,17). The van der Waals surface area contributed by atoms with Gasteiger partial charge in [-0.1, -0.05) is 11.2 Å². The molecule has 104 valence electrons. The third-order valence-electron chi connectivity index (χ3n) is 3.34. The molecule has 1 aromatic heterocycles. The molecule has 7 nitrogen and oxygen atoms in total. The third kappa shape index (κ3) is 1.94. The lowest BCUT2D eigenvalue weighted by atomic mass is 10.1. The maximum absolute atomic E-state index is 13.9. The molecule has 8 heteroatoms. The van der Waals surface area contributed by atoms with Crippen LogP contribution in [0.1, 0.15) is 11.4 Å². The number of anilines is 1. The van der Waals surface area contributed by atoms with E-state index in [9.17, 15) is 4.39 Å². The van der Waals surface area contributed by atoms with Gasteiger partial charge in [0.25, 0.3) is 0 Å². The zero-order valence-corrected chi connectivity index (χ0v) is 10.6. The van der Waals surface area contributed by atoms with Gasteiger partial charge < -0.3 is 20.4 Å². The van der Waals surface area contributed by atoms with Crippen molar-refractivity contribution >= 4 is 11.5 Å². The van der Waals surface area contributed by atoms with Gasteiger partial charge >= 0.3 is 0 Å². The Bertz CT molecular complexity index is 668. The van der Waals surface area contributed by atoms with Crippen molar-refractivity contribution in [1.82, 2.24) is 14.8 Å². The van der Waals surface area contributed by atoms with Crippen LogP contribution in [0.4, 0.5) is 10.1 Å². The number of nitrogens with two attached hydrogens (primary N) is 1. The minimum atomic E-state index is -0.523. The summed E-state index contributed by atoms with van der Waals surface area (Å²) in [6.45, 7) is 1.86. The van der Waals surface area contributed by atoms with Crippen LogP contribution in [0.25, 0.3) is 0 Å². The topological polar surface area (TPSA) is 92.6 Å². The van der Waals surface area contributed by atoms with Crippen LogP contribution >= 0.6 is 0 Å². The van der Waals surface area contributed by atoms with E-state index < -0.39 is 5.82 Å². The van der Waals surface area contributed by atoms with E-state index in [1.165, 1.54) is 6.07 Å². The number of halogens is 1. The first-order valence-corrected chi connectivity index (χ1v) is 6.08. The minimum Gasteiger partial charge on any atom is -0.409 e. The molecule has 1 aliphatic heterocycles. The number of oxime groups is 1. The summed E-state index contributed by atoms with van der Waals surface area (Å²) in [6, 6.07) is 4.62. The molecule has 20 heavy (non-hydrogen) atoms. The Balaban J connectivity index is 2.02. The van der Waals surface area contributed by atoms with Crippen molar-refractivity contribution in [2.75, 3.05) is 11.4 Å². The molecule has 2 heterocycles. The second kappa shape index (κ2) is 4.80. The maximum atomic E-state index is 13.9. The molecule has 3 N–H and O–H groups in total. The number of nitrogens with zero attached hydrogens (tertiary/aromatic N) is 5. The van der Waals surface area contributed by atoms with Crippen LogP contribution in [0.2, 0.25) is 0 Å². The highest BCUT2D eigenvalue weighted by Gasteiger charge is 2.22. The third-order valence-corrected chi connectivity index (χ3v) is 3.34. The number of aromatic nitrogens is 3. The summed E-state index contributed by atoms with van der Waals surface area (Å²) < 4.78 is 15.9. The molecule has 1 aromatic carbocycles. The fourth-order valence-electron chi connectivity index (χ4n) is 2.35. The summed E-state index contributed by atoms with van der Waals surface area (Å²) in [7, 11) is 0. The molecule has 0 unspecified atom stereocenters. The summed E-state index contributed by atoms with van der Waals surface area (Å²) in [5.74, 6) is 0.0287. The Kier molecular flexibility index (Phi) is 2.97. The second-order valence-corrected chi connectivity index (χ2v) is 4.48. The Morgan fingerprint density at radius 3 is 3.05 bits per heavy atom. The largest absolute Gasteiger partial charge is 0.409 e. The Morgan fingerprint density at radius 2 is 2.25 bits per heavy atom. The highest BCUT2D eigenvalue weighted by atomic mass is 19.1. The van der Waals surface area contributed by atoms with Crippen molar-refractivity contribution in [3.05, 3.63) is 41.7 Å². The summed E-state index contributed by atoms with van der Waals surface area (Å²) in [5.41, 5.74) is 6.26. The van der Waals surface area contributed by atoms with Crippen LogP contribution in [0.5, 0.6) is 0 Å². The zero-order valence-electron chi connectivity index (χ0n) is 10.6. The highest BCUT2D eigenvalue weighted by molar-refractivity contribution is 6.02. The molecular weight excluding hydrogens is 263 g/mol. The first-order chi connectivity index (χ1) is 9.70. The molecule has 0 spiro atoms. The Morgan fingerprint density at radius 1 is 1.40 bits per heavy atom. The quantitative estimate of drug-likeness (QED) is 0.361. The van der Waals surface area contributed by atoms with Gasteiger partial charge in [-0.05, 0) is 12.1 Å². The second-order valence-electron chi connectivity index (χ2n) is 4.48. The molecule has 0 radical (unpaired) electrons. The van der Waals surface area contributed by atoms with Crippen LogP contribution in [-0.2, 0) is 13.1 Å². The smallest absolute Gasteiger partial charge is 0.175 e. The van der Waals surface area contributed by atoms with E-state index in [4.69, 9.17) is 10.9 Å². The summed E-state index contributed by atoms with van der Waals surface area (Å²) in [4.78, 5) is 1.93. The predicted octanol–water partition coefficient (Wildman–Crippen LogP) is 0.532. The van der Waals surface area contributed by atoms with Crippen molar-refractivity contribution in [2.24, 2.45) is 10.9 Å². The maximum Gasteiger partial charge on any atom is 0.175 e. The van der Waals surface area contributed by atoms with E-state index in [-0.39, 0.29) is 11.4 Å². The first kappa shape index (κ1) is 12.4. The number of hydrogen-bond donors (Lipinski definition) is 2. The fourth-order valence-corrected chi connectivity index (χ4v) is 2.35. The minimum absolute atomic E-state index is 0.1000. The average molecular weight is 276 g/mol. The average Bonchev–Trinajstić information content (AvgIpc) is 2.93. The highest BCUT2D eigenvalue weighted by Crippen LogP contribution is 2.26. The molecule has 0 saturated heterocycles. The molecule has 0 amide bonds. The normalized spacial score (nSPS) is 15.2. The van der Waals surface area contributed by atoms with Gasteiger partial charge in [-0.2, -0.15) is 0 Å². The van der Waals surface area contributed by atoms with E-state index in [1.807, 2.05) is 9.47 Å². The first-order valence-electron chi connectivity index (χ1n) is 6.08. The van der Waals surface area contributed by atoms with Gasteiger partial charge in [0.15, 0.2) is 11.7 Å². The number of rotatable bonds is 2. The van der Waals surface area contributed by atoms with Crippen molar-refractivity contribution in [2.45, 2.75) is 13.1 Å². The monoisotopic (exact) mass is 276 g/mol. The van der Waals surface area contributed by atoms with Crippen LogP contribution in [0.15, 0.2) is 29.7 Å². The van der Waals surface area contributed by atoms with Gasteiger partial charge in [-0.25, -0.2) is 4.39 Å². The molecule has 0 aliphatic carbocycles. The van der Waals surface area contributed by atoms with Crippen LogP contribution in [0.3, 0.4) is 0 Å². The fraction of sp³-hybridized carbons (Fsp3) is 0.250. The van der Waals surface area contributed by atoms with Gasteiger partial charge in [0, 0.05) is 13.1 Å². The summed E-state index contributed by atoms with van der Waals surface area (Å²) in [5, 5.41) is 19.6. The molecule has 0 fully saturated rings. The zero-order chi connectivity index (χ0) is 14.1. The summed E-state index contributed by atoms with van der Waals surface area (Å²) in [6.07, 6.45) is 1.67. The van der Waals surface area contributed by atoms with Gasteiger partial charge in [0.2, 0.25) is 0 Å². The molecule has 0 atom stereocenters. The predicted molar refractivity (Wildman–Crippen MR) is 70.0 cm³/mol. The molecule has 3 rings (SSSR count). The lowest BCUT2D eigenvalue weighted by Crippen LogP contribution is -2.35. The number of benzene rings is 1. The molecule has 1 aliphatic rings. The van der Waals surface area contributed by atoms with Crippen molar-refractivity contribution in [1.29, 1.82) is 0 Å². The van der Waals surface area contributed by atoms with Crippen molar-refractivity contribution in [3.63, 3.8) is 0 Å². The number of fused-ring (bicyclic) bond motifs is 1. The Labute approximate surface area is 114 Å². The molecular formula is C12H13FN6O. The van der Waals surface area contributed by atoms with Gasteiger partial charge in [0.1, 0.15) is 12.1 Å². The SMILES string of the molecule is NC(=NO)c1c(F)cccc1N1CCn2cnnc2C1. The number of hydrogen-bond acceptors (Lipinski definition) is 5.